The molecule has 0 aliphatic rings. The van der Waals surface area contributed by atoms with Gasteiger partial charge < -0.3 is 14.6 Å². The van der Waals surface area contributed by atoms with Crippen LogP contribution in [-0.4, -0.2) is 36.4 Å². The van der Waals surface area contributed by atoms with E-state index in [-0.39, 0.29) is 25.2 Å². The van der Waals surface area contributed by atoms with E-state index in [2.05, 4.69) is 50.3 Å². The summed E-state index contributed by atoms with van der Waals surface area (Å²) < 4.78 is 10.8. The number of hydrogen-bond acceptors (Lipinski definition) is 5. The molecule has 0 radical (unpaired) electrons. The molecule has 0 aliphatic carbocycles. The van der Waals surface area contributed by atoms with Gasteiger partial charge in [0.2, 0.25) is 0 Å². The number of aliphatic hydroxyl groups is 1. The van der Waals surface area contributed by atoms with E-state index in [9.17, 15) is 14.7 Å². The first-order valence-electron chi connectivity index (χ1n) is 40.0. The lowest BCUT2D eigenvalue weighted by Crippen LogP contribution is -2.28. The molecule has 5 nitrogen and oxygen atoms in total. The molecule has 0 amide bonds. The van der Waals surface area contributed by atoms with Crippen LogP contribution in [0.2, 0.25) is 0 Å². The summed E-state index contributed by atoms with van der Waals surface area (Å²) >= 11 is 0. The van der Waals surface area contributed by atoms with Crippen LogP contribution < -0.4 is 0 Å². The smallest absolute Gasteiger partial charge is 0.306 e. The topological polar surface area (TPSA) is 72.8 Å². The molecule has 1 N–H and O–H groups in total. The average Bonchev–Trinajstić information content (AvgIpc) is 3.52. The standard InChI is InChI=1S/C82H156O5/c1-3-5-7-9-11-13-15-17-19-21-23-25-27-29-31-33-35-37-39-40-41-42-43-45-47-49-51-53-55-57-59-61-63-65-67-69-71-73-75-77-82(85)87-80(78-83)79-86-81(84)76-74-72-70-68-66-64-62-60-58-56-54-52-50-48-46-44-38-36-34-32-30-28-26-24-22-20-18-16-14-12-10-8-6-4-2/h15,17,21,23,27,29,80,83H,3-14,16,18-20,22,24-26,28,30-79H2,1-2H3/b17-15-,23-21-,29-27-. The van der Waals surface area contributed by atoms with Gasteiger partial charge >= 0.3 is 11.9 Å². The molecule has 0 aliphatic heterocycles. The second kappa shape index (κ2) is 78.4. The van der Waals surface area contributed by atoms with Gasteiger partial charge in [0.05, 0.1) is 6.61 Å². The van der Waals surface area contributed by atoms with Crippen LogP contribution in [0.5, 0.6) is 0 Å². The predicted octanol–water partition coefficient (Wildman–Crippen LogP) is 28.1. The number of rotatable bonds is 76. The minimum atomic E-state index is -0.769. The van der Waals surface area contributed by atoms with Gasteiger partial charge in [-0.3, -0.25) is 9.59 Å². The molecule has 0 aromatic carbocycles. The fourth-order valence-electron chi connectivity index (χ4n) is 12.7. The van der Waals surface area contributed by atoms with Crippen molar-refractivity contribution in [3.8, 4) is 0 Å². The molecule has 0 aromatic rings. The number of unbranched alkanes of at least 4 members (excludes halogenated alkanes) is 62. The van der Waals surface area contributed by atoms with Gasteiger partial charge in [-0.15, -0.1) is 0 Å². The summed E-state index contributed by atoms with van der Waals surface area (Å²) in [6.07, 6.45) is 105. The van der Waals surface area contributed by atoms with Crippen LogP contribution in [0.3, 0.4) is 0 Å². The molecule has 5 heteroatoms. The Balaban J connectivity index is 3.36. The van der Waals surface area contributed by atoms with Gasteiger partial charge in [-0.2, -0.15) is 0 Å². The minimum absolute atomic E-state index is 0.0576. The first kappa shape index (κ1) is 85.1. The van der Waals surface area contributed by atoms with Crippen molar-refractivity contribution >= 4 is 11.9 Å². The molecule has 1 atom stereocenters. The zero-order valence-electron chi connectivity index (χ0n) is 59.3. The zero-order valence-corrected chi connectivity index (χ0v) is 59.3. The van der Waals surface area contributed by atoms with Gasteiger partial charge in [-0.05, 0) is 51.4 Å². The van der Waals surface area contributed by atoms with E-state index in [1.54, 1.807) is 0 Å². The average molecular weight is 1220 g/mol. The van der Waals surface area contributed by atoms with Gasteiger partial charge in [0.15, 0.2) is 6.10 Å². The molecule has 0 saturated carbocycles. The van der Waals surface area contributed by atoms with E-state index in [0.717, 1.165) is 44.9 Å². The number of ether oxygens (including phenoxy) is 2. The van der Waals surface area contributed by atoms with Crippen molar-refractivity contribution < 1.29 is 24.2 Å². The molecule has 0 aromatic heterocycles. The van der Waals surface area contributed by atoms with E-state index < -0.39 is 6.10 Å². The molecular formula is C82H156O5. The van der Waals surface area contributed by atoms with Crippen molar-refractivity contribution in [2.75, 3.05) is 13.2 Å². The van der Waals surface area contributed by atoms with E-state index in [1.807, 2.05) is 0 Å². The van der Waals surface area contributed by atoms with Crippen molar-refractivity contribution in [3.05, 3.63) is 36.5 Å². The molecule has 0 heterocycles. The summed E-state index contributed by atoms with van der Waals surface area (Å²) in [7, 11) is 0. The second-order valence-corrected chi connectivity index (χ2v) is 27.5. The Hall–Kier alpha value is -1.88. The van der Waals surface area contributed by atoms with Crippen molar-refractivity contribution in [3.63, 3.8) is 0 Å². The molecule has 0 rings (SSSR count). The maximum absolute atomic E-state index is 12.4. The van der Waals surface area contributed by atoms with Gasteiger partial charge in [0, 0.05) is 12.8 Å². The van der Waals surface area contributed by atoms with Gasteiger partial charge in [0.1, 0.15) is 6.61 Å². The SMILES string of the molecule is CCCCCCC/C=C\C/C=C\C/C=C\CCCCCCCCCCCCCCCCCCCCCCCCCCC(=O)OC(CO)COC(=O)CCCCCCCCCCCCCCCCCCCCCCCCCCCCCCCCCCCC. The Morgan fingerprint density at radius 3 is 0.690 bits per heavy atom. The third-order valence-corrected chi connectivity index (χ3v) is 18.7. The largest absolute Gasteiger partial charge is 0.462 e. The Morgan fingerprint density at radius 1 is 0.264 bits per heavy atom. The quantitative estimate of drug-likeness (QED) is 0.0373. The summed E-state index contributed by atoms with van der Waals surface area (Å²) in [5.41, 5.74) is 0. The van der Waals surface area contributed by atoms with Crippen molar-refractivity contribution in [1.29, 1.82) is 0 Å². The summed E-state index contributed by atoms with van der Waals surface area (Å²) in [6.45, 7) is 4.21. The van der Waals surface area contributed by atoms with E-state index >= 15 is 0 Å². The summed E-state index contributed by atoms with van der Waals surface area (Å²) in [5, 5.41) is 9.73. The summed E-state index contributed by atoms with van der Waals surface area (Å²) in [4.78, 5) is 24.7. The Kier molecular flexibility index (Phi) is 76.7. The Bertz CT molecular complexity index is 1390. The Labute approximate surface area is 546 Å². The van der Waals surface area contributed by atoms with Crippen LogP contribution in [-0.2, 0) is 19.1 Å². The van der Waals surface area contributed by atoms with Crippen LogP contribution in [0.25, 0.3) is 0 Å². The second-order valence-electron chi connectivity index (χ2n) is 27.5. The number of esters is 2. The maximum atomic E-state index is 12.4. The number of hydrogen-bond donors (Lipinski definition) is 1. The molecule has 1 unspecified atom stereocenters. The van der Waals surface area contributed by atoms with Gasteiger partial charge in [-0.1, -0.05) is 429 Å². The van der Waals surface area contributed by atoms with Crippen LogP contribution in [0.4, 0.5) is 0 Å². The first-order valence-corrected chi connectivity index (χ1v) is 40.0. The van der Waals surface area contributed by atoms with Crippen LogP contribution >= 0.6 is 0 Å². The molecule has 0 spiro atoms. The normalized spacial score (nSPS) is 12.3. The predicted molar refractivity (Wildman–Crippen MR) is 385 cm³/mol. The maximum Gasteiger partial charge on any atom is 0.306 e. The van der Waals surface area contributed by atoms with E-state index in [0.29, 0.717) is 12.8 Å². The lowest BCUT2D eigenvalue weighted by Gasteiger charge is -2.15. The molecule has 87 heavy (non-hydrogen) atoms. The summed E-state index contributed by atoms with van der Waals surface area (Å²) in [5.74, 6) is -0.560. The van der Waals surface area contributed by atoms with Crippen molar-refractivity contribution in [1.82, 2.24) is 0 Å². The van der Waals surface area contributed by atoms with E-state index in [1.165, 1.54) is 385 Å². The first-order chi connectivity index (χ1) is 43.1. The van der Waals surface area contributed by atoms with Gasteiger partial charge in [-0.25, -0.2) is 0 Å². The van der Waals surface area contributed by atoms with Crippen molar-refractivity contribution in [2.45, 2.75) is 463 Å². The monoisotopic (exact) mass is 1220 g/mol. The third kappa shape index (κ3) is 76.5. The Morgan fingerprint density at radius 2 is 0.460 bits per heavy atom. The third-order valence-electron chi connectivity index (χ3n) is 18.7. The van der Waals surface area contributed by atoms with Crippen LogP contribution in [0.15, 0.2) is 36.5 Å². The van der Waals surface area contributed by atoms with Crippen LogP contribution in [0, 0.1) is 0 Å². The molecule has 0 fully saturated rings. The molecule has 0 bridgehead atoms. The molecule has 0 saturated heterocycles. The fourth-order valence-corrected chi connectivity index (χ4v) is 12.7. The van der Waals surface area contributed by atoms with Gasteiger partial charge in [0.25, 0.3) is 0 Å². The zero-order chi connectivity index (χ0) is 62.6. The fraction of sp³-hybridized carbons (Fsp3) is 0.902. The van der Waals surface area contributed by atoms with E-state index in [4.69, 9.17) is 9.47 Å². The number of carbonyl (C=O) groups is 2. The number of allylic oxidation sites excluding steroid dienone is 6. The molecule has 514 valence electrons. The minimum Gasteiger partial charge on any atom is -0.462 e. The molecular weight excluding hydrogens is 1060 g/mol. The number of carbonyl (C=O) groups excluding carboxylic acids is 2. The highest BCUT2D eigenvalue weighted by Crippen LogP contribution is 2.20. The highest BCUT2D eigenvalue weighted by atomic mass is 16.6. The number of aliphatic hydroxyl groups excluding tert-OH is 1. The van der Waals surface area contributed by atoms with Crippen molar-refractivity contribution in [2.24, 2.45) is 0 Å². The lowest BCUT2D eigenvalue weighted by molar-refractivity contribution is -0.161. The van der Waals surface area contributed by atoms with Crippen LogP contribution in [0.1, 0.15) is 457 Å². The summed E-state index contributed by atoms with van der Waals surface area (Å²) in [6, 6.07) is 0. The lowest BCUT2D eigenvalue weighted by atomic mass is 10.0. The highest BCUT2D eigenvalue weighted by molar-refractivity contribution is 5.70. The highest BCUT2D eigenvalue weighted by Gasteiger charge is 2.16.